The van der Waals surface area contributed by atoms with Gasteiger partial charge in [0.15, 0.2) is 0 Å². The Hall–Kier alpha value is -0.970. The predicted octanol–water partition coefficient (Wildman–Crippen LogP) is 4.03. The molecule has 0 atom stereocenters. The molecule has 1 heterocycles. The van der Waals surface area contributed by atoms with Crippen LogP contribution < -0.4 is 5.32 Å². The lowest BCUT2D eigenvalue weighted by Gasteiger charge is -2.01. The van der Waals surface area contributed by atoms with E-state index in [4.69, 9.17) is 11.6 Å². The summed E-state index contributed by atoms with van der Waals surface area (Å²) in [5.74, 6) is -0.308. The molecule has 0 radical (unpaired) electrons. The van der Waals surface area contributed by atoms with Crippen molar-refractivity contribution >= 4 is 22.9 Å². The first-order chi connectivity index (χ1) is 9.19. The summed E-state index contributed by atoms with van der Waals surface area (Å²) < 4.78 is 13.0. The summed E-state index contributed by atoms with van der Waals surface area (Å²) in [4.78, 5) is 5.59. The molecule has 0 saturated heterocycles. The van der Waals surface area contributed by atoms with Crippen LogP contribution in [-0.4, -0.2) is 11.5 Å². The zero-order valence-corrected chi connectivity index (χ0v) is 12.3. The van der Waals surface area contributed by atoms with Crippen LogP contribution in [0.4, 0.5) is 4.39 Å². The lowest BCUT2D eigenvalue weighted by atomic mass is 10.1. The summed E-state index contributed by atoms with van der Waals surface area (Å²) in [5, 5.41) is 4.80. The lowest BCUT2D eigenvalue weighted by Crippen LogP contribution is -2.12. The van der Waals surface area contributed by atoms with E-state index in [9.17, 15) is 4.39 Å². The molecule has 2 aromatic rings. The highest BCUT2D eigenvalue weighted by atomic mass is 35.5. The van der Waals surface area contributed by atoms with Crippen molar-refractivity contribution < 1.29 is 4.39 Å². The minimum Gasteiger partial charge on any atom is -0.312 e. The minimum absolute atomic E-state index is 0.308. The Morgan fingerprint density at radius 1 is 1.42 bits per heavy atom. The Bertz CT molecular complexity index is 542. The molecule has 1 aromatic heterocycles. The van der Waals surface area contributed by atoms with E-state index >= 15 is 0 Å². The van der Waals surface area contributed by atoms with E-state index in [-0.39, 0.29) is 5.82 Å². The Morgan fingerprint density at radius 2 is 2.26 bits per heavy atom. The quantitative estimate of drug-likeness (QED) is 0.815. The average molecular weight is 299 g/mol. The van der Waals surface area contributed by atoms with Gasteiger partial charge >= 0.3 is 0 Å². The van der Waals surface area contributed by atoms with Gasteiger partial charge in [0.25, 0.3) is 0 Å². The number of hydrogen-bond acceptors (Lipinski definition) is 3. The monoisotopic (exact) mass is 298 g/mol. The van der Waals surface area contributed by atoms with Crippen molar-refractivity contribution in [3.05, 3.63) is 50.7 Å². The lowest BCUT2D eigenvalue weighted by molar-refractivity contribution is 0.627. The SMILES string of the molecule is CCCNCc1cnc(Cc2ccc(F)cc2Cl)s1. The van der Waals surface area contributed by atoms with E-state index in [1.165, 1.54) is 17.0 Å². The Kier molecular flexibility index (Phi) is 5.31. The number of rotatable bonds is 6. The molecule has 2 nitrogen and oxygen atoms in total. The fourth-order valence-corrected chi connectivity index (χ4v) is 2.88. The van der Waals surface area contributed by atoms with Gasteiger partial charge in [-0.05, 0) is 30.7 Å². The Morgan fingerprint density at radius 3 is 3.00 bits per heavy atom. The van der Waals surface area contributed by atoms with E-state index in [1.54, 1.807) is 17.4 Å². The summed E-state index contributed by atoms with van der Waals surface area (Å²) in [6.45, 7) is 4.00. The topological polar surface area (TPSA) is 24.9 Å². The van der Waals surface area contributed by atoms with Gasteiger partial charge in [-0.1, -0.05) is 24.6 Å². The second-order valence-electron chi connectivity index (χ2n) is 4.31. The number of benzene rings is 1. The average Bonchev–Trinajstić information content (AvgIpc) is 2.81. The molecule has 0 amide bonds. The van der Waals surface area contributed by atoms with Crippen molar-refractivity contribution in [2.24, 2.45) is 0 Å². The number of nitrogens with one attached hydrogen (secondary N) is 1. The van der Waals surface area contributed by atoms with Crippen LogP contribution in [0.1, 0.15) is 28.8 Å². The van der Waals surface area contributed by atoms with Crippen LogP contribution in [0.2, 0.25) is 5.02 Å². The summed E-state index contributed by atoms with van der Waals surface area (Å²) in [6.07, 6.45) is 3.66. The molecular weight excluding hydrogens is 283 g/mol. The Balaban J connectivity index is 1.99. The smallest absolute Gasteiger partial charge is 0.124 e. The van der Waals surface area contributed by atoms with Crippen LogP contribution in [0.15, 0.2) is 24.4 Å². The summed E-state index contributed by atoms with van der Waals surface area (Å²) >= 11 is 7.68. The highest BCUT2D eigenvalue weighted by Crippen LogP contribution is 2.23. The van der Waals surface area contributed by atoms with E-state index in [2.05, 4.69) is 17.2 Å². The second kappa shape index (κ2) is 6.98. The van der Waals surface area contributed by atoms with Gasteiger partial charge in [0, 0.05) is 29.1 Å². The van der Waals surface area contributed by atoms with Gasteiger partial charge < -0.3 is 5.32 Å². The third-order valence-corrected chi connectivity index (χ3v) is 4.03. The highest BCUT2D eigenvalue weighted by Gasteiger charge is 2.07. The van der Waals surface area contributed by atoms with Crippen molar-refractivity contribution in [3.8, 4) is 0 Å². The van der Waals surface area contributed by atoms with Crippen molar-refractivity contribution in [2.45, 2.75) is 26.3 Å². The van der Waals surface area contributed by atoms with Crippen molar-refractivity contribution in [2.75, 3.05) is 6.54 Å². The molecule has 1 N–H and O–H groups in total. The van der Waals surface area contributed by atoms with E-state index < -0.39 is 0 Å². The summed E-state index contributed by atoms with van der Waals surface area (Å²) in [7, 11) is 0. The predicted molar refractivity (Wildman–Crippen MR) is 78.3 cm³/mol. The van der Waals surface area contributed by atoms with Crippen LogP contribution in [-0.2, 0) is 13.0 Å². The maximum absolute atomic E-state index is 13.0. The standard InChI is InChI=1S/C14H16ClFN2S/c1-2-5-17-8-12-9-18-14(19-12)6-10-3-4-11(16)7-13(10)15/h3-4,7,9,17H,2,5-6,8H2,1H3. The van der Waals surface area contributed by atoms with E-state index in [1.807, 2.05) is 6.20 Å². The van der Waals surface area contributed by atoms with Gasteiger partial charge in [0.2, 0.25) is 0 Å². The molecule has 0 aliphatic carbocycles. The number of halogens is 2. The minimum atomic E-state index is -0.308. The molecule has 1 aromatic carbocycles. The maximum Gasteiger partial charge on any atom is 0.124 e. The van der Waals surface area contributed by atoms with Gasteiger partial charge in [0.1, 0.15) is 5.82 Å². The largest absolute Gasteiger partial charge is 0.312 e. The molecule has 102 valence electrons. The normalized spacial score (nSPS) is 10.9. The van der Waals surface area contributed by atoms with Crippen LogP contribution in [0, 0.1) is 5.82 Å². The van der Waals surface area contributed by atoms with Gasteiger partial charge in [0.05, 0.1) is 5.01 Å². The first-order valence-electron chi connectivity index (χ1n) is 6.27. The second-order valence-corrected chi connectivity index (χ2v) is 5.92. The van der Waals surface area contributed by atoms with E-state index in [0.717, 1.165) is 30.1 Å². The van der Waals surface area contributed by atoms with Gasteiger partial charge in [-0.3, -0.25) is 0 Å². The fraction of sp³-hybridized carbons (Fsp3) is 0.357. The zero-order chi connectivity index (χ0) is 13.7. The summed E-state index contributed by atoms with van der Waals surface area (Å²) in [5.41, 5.74) is 0.908. The summed E-state index contributed by atoms with van der Waals surface area (Å²) in [6, 6.07) is 4.49. The first-order valence-corrected chi connectivity index (χ1v) is 7.46. The third kappa shape index (κ3) is 4.27. The molecule has 0 aliphatic heterocycles. The molecule has 0 spiro atoms. The van der Waals surface area contributed by atoms with E-state index in [0.29, 0.717) is 11.4 Å². The van der Waals surface area contributed by atoms with Crippen LogP contribution >= 0.6 is 22.9 Å². The third-order valence-electron chi connectivity index (χ3n) is 2.68. The molecule has 0 fully saturated rings. The maximum atomic E-state index is 13.0. The molecule has 19 heavy (non-hydrogen) atoms. The van der Waals surface area contributed by atoms with Gasteiger partial charge in [-0.15, -0.1) is 11.3 Å². The van der Waals surface area contributed by atoms with Crippen LogP contribution in [0.5, 0.6) is 0 Å². The molecule has 0 aliphatic rings. The van der Waals surface area contributed by atoms with Crippen molar-refractivity contribution in [3.63, 3.8) is 0 Å². The molecule has 0 bridgehead atoms. The fourth-order valence-electron chi connectivity index (χ4n) is 1.73. The number of thiazole rings is 1. The van der Waals surface area contributed by atoms with Crippen LogP contribution in [0.25, 0.3) is 0 Å². The molecule has 0 unspecified atom stereocenters. The molecule has 2 rings (SSSR count). The first kappa shape index (κ1) is 14.4. The van der Waals surface area contributed by atoms with Gasteiger partial charge in [-0.2, -0.15) is 0 Å². The van der Waals surface area contributed by atoms with Crippen molar-refractivity contribution in [1.29, 1.82) is 0 Å². The molecular formula is C14H16ClFN2S. The zero-order valence-electron chi connectivity index (χ0n) is 10.7. The van der Waals surface area contributed by atoms with Crippen molar-refractivity contribution in [1.82, 2.24) is 10.3 Å². The molecule has 0 saturated carbocycles. The number of aromatic nitrogens is 1. The van der Waals surface area contributed by atoms with Crippen LogP contribution in [0.3, 0.4) is 0 Å². The van der Waals surface area contributed by atoms with Gasteiger partial charge in [-0.25, -0.2) is 9.37 Å². The number of hydrogen-bond donors (Lipinski definition) is 1. The Labute approximate surface area is 121 Å². The number of nitrogens with zero attached hydrogens (tertiary/aromatic N) is 1. The highest BCUT2D eigenvalue weighted by molar-refractivity contribution is 7.11. The molecule has 5 heteroatoms.